The number of ketones is 1. The molecule has 0 amide bonds. The molecule has 0 bridgehead atoms. The highest BCUT2D eigenvalue weighted by Gasteiger charge is 2.20. The molecule has 0 radical (unpaired) electrons. The van der Waals surface area contributed by atoms with E-state index in [9.17, 15) is 4.79 Å². The van der Waals surface area contributed by atoms with Crippen LogP contribution in [0.15, 0.2) is 0 Å². The third-order valence-electron chi connectivity index (χ3n) is 2.45. The van der Waals surface area contributed by atoms with Gasteiger partial charge in [-0.3, -0.25) is 4.79 Å². The molecule has 2 nitrogen and oxygen atoms in total. The lowest BCUT2D eigenvalue weighted by molar-refractivity contribution is -0.126. The SMILES string of the molecule is CCCCN(C)CCC(=O)C(C)(C)C. The van der Waals surface area contributed by atoms with Crippen molar-refractivity contribution in [2.75, 3.05) is 20.1 Å². The third kappa shape index (κ3) is 6.14. The van der Waals surface area contributed by atoms with Crippen LogP contribution in [0.4, 0.5) is 0 Å². The number of hydrogen-bond donors (Lipinski definition) is 0. The van der Waals surface area contributed by atoms with Gasteiger partial charge in [-0.2, -0.15) is 0 Å². The zero-order valence-corrected chi connectivity index (χ0v) is 10.4. The van der Waals surface area contributed by atoms with Gasteiger partial charge in [-0.1, -0.05) is 34.1 Å². The van der Waals surface area contributed by atoms with Crippen molar-refractivity contribution >= 4 is 5.78 Å². The highest BCUT2D eigenvalue weighted by molar-refractivity contribution is 5.83. The molecule has 0 atom stereocenters. The second-order valence-electron chi connectivity index (χ2n) is 5.08. The van der Waals surface area contributed by atoms with Crippen molar-refractivity contribution in [3.8, 4) is 0 Å². The summed E-state index contributed by atoms with van der Waals surface area (Å²) in [4.78, 5) is 13.9. The Hall–Kier alpha value is -0.370. The van der Waals surface area contributed by atoms with E-state index in [1.54, 1.807) is 0 Å². The molecule has 0 aliphatic rings. The summed E-state index contributed by atoms with van der Waals surface area (Å²) in [7, 11) is 2.09. The molecule has 14 heavy (non-hydrogen) atoms. The fourth-order valence-electron chi connectivity index (χ4n) is 1.21. The van der Waals surface area contributed by atoms with E-state index in [0.717, 1.165) is 13.1 Å². The van der Waals surface area contributed by atoms with Gasteiger partial charge < -0.3 is 4.90 Å². The van der Waals surface area contributed by atoms with Crippen molar-refractivity contribution in [3.63, 3.8) is 0 Å². The average molecular weight is 199 g/mol. The lowest BCUT2D eigenvalue weighted by Gasteiger charge is -2.20. The summed E-state index contributed by atoms with van der Waals surface area (Å²) in [5.41, 5.74) is -0.175. The smallest absolute Gasteiger partial charge is 0.139 e. The number of hydrogen-bond acceptors (Lipinski definition) is 2. The van der Waals surface area contributed by atoms with Crippen molar-refractivity contribution in [2.24, 2.45) is 5.41 Å². The summed E-state index contributed by atoms with van der Waals surface area (Å²) in [6.45, 7) is 10.2. The van der Waals surface area contributed by atoms with Gasteiger partial charge in [-0.05, 0) is 20.0 Å². The Kier molecular flexibility index (Phi) is 6.01. The van der Waals surface area contributed by atoms with Crippen LogP contribution < -0.4 is 0 Å². The van der Waals surface area contributed by atoms with Gasteiger partial charge in [-0.25, -0.2) is 0 Å². The lowest BCUT2D eigenvalue weighted by atomic mass is 9.89. The standard InChI is InChI=1S/C12H25NO/c1-6-7-9-13(5)10-8-11(14)12(2,3)4/h6-10H2,1-5H3. The molecule has 0 spiro atoms. The van der Waals surface area contributed by atoms with Crippen LogP contribution in [0, 0.1) is 5.41 Å². The fraction of sp³-hybridized carbons (Fsp3) is 0.917. The third-order valence-corrected chi connectivity index (χ3v) is 2.45. The first-order valence-electron chi connectivity index (χ1n) is 5.59. The molecule has 0 fully saturated rings. The maximum Gasteiger partial charge on any atom is 0.139 e. The number of carbonyl (C=O) groups is 1. The molecule has 0 aromatic carbocycles. The Morgan fingerprint density at radius 3 is 2.21 bits per heavy atom. The topological polar surface area (TPSA) is 20.3 Å². The van der Waals surface area contributed by atoms with Crippen LogP contribution in [0.2, 0.25) is 0 Å². The molecule has 0 N–H and O–H groups in total. The Morgan fingerprint density at radius 2 is 1.79 bits per heavy atom. The molecule has 0 aliphatic heterocycles. The molecule has 0 heterocycles. The minimum atomic E-state index is -0.175. The summed E-state index contributed by atoms with van der Waals surface area (Å²) in [5.74, 6) is 0.362. The maximum atomic E-state index is 11.6. The zero-order valence-electron chi connectivity index (χ0n) is 10.4. The number of nitrogens with zero attached hydrogens (tertiary/aromatic N) is 1. The Morgan fingerprint density at radius 1 is 1.21 bits per heavy atom. The highest BCUT2D eigenvalue weighted by atomic mass is 16.1. The van der Waals surface area contributed by atoms with Crippen LogP contribution in [0.1, 0.15) is 47.0 Å². The van der Waals surface area contributed by atoms with Gasteiger partial charge in [-0.15, -0.1) is 0 Å². The summed E-state index contributed by atoms with van der Waals surface area (Å²) in [6, 6.07) is 0. The number of unbranched alkanes of at least 4 members (excludes halogenated alkanes) is 1. The van der Waals surface area contributed by atoms with Crippen LogP contribution in [0.5, 0.6) is 0 Å². The molecule has 0 unspecified atom stereocenters. The quantitative estimate of drug-likeness (QED) is 0.655. The molecular formula is C12H25NO. The molecule has 0 aromatic rings. The van der Waals surface area contributed by atoms with E-state index in [4.69, 9.17) is 0 Å². The van der Waals surface area contributed by atoms with Crippen LogP contribution >= 0.6 is 0 Å². The first-order valence-corrected chi connectivity index (χ1v) is 5.59. The predicted octanol–water partition coefficient (Wildman–Crippen LogP) is 2.72. The fourth-order valence-corrected chi connectivity index (χ4v) is 1.21. The number of carbonyl (C=O) groups excluding carboxylic acids is 1. The minimum Gasteiger partial charge on any atom is -0.306 e. The second kappa shape index (κ2) is 6.18. The maximum absolute atomic E-state index is 11.6. The minimum absolute atomic E-state index is 0.175. The van der Waals surface area contributed by atoms with E-state index in [0.29, 0.717) is 12.2 Å². The first kappa shape index (κ1) is 13.6. The highest BCUT2D eigenvalue weighted by Crippen LogP contribution is 2.16. The van der Waals surface area contributed by atoms with Gasteiger partial charge in [0.2, 0.25) is 0 Å². The van der Waals surface area contributed by atoms with E-state index in [1.807, 2.05) is 20.8 Å². The Bertz CT molecular complexity index is 170. The lowest BCUT2D eigenvalue weighted by Crippen LogP contribution is -2.27. The van der Waals surface area contributed by atoms with Crippen molar-refractivity contribution < 1.29 is 4.79 Å². The van der Waals surface area contributed by atoms with Gasteiger partial charge >= 0.3 is 0 Å². The van der Waals surface area contributed by atoms with Crippen LogP contribution in [-0.2, 0) is 4.79 Å². The zero-order chi connectivity index (χ0) is 11.2. The molecular weight excluding hydrogens is 174 g/mol. The van der Waals surface area contributed by atoms with E-state index >= 15 is 0 Å². The Balaban J connectivity index is 3.67. The number of Topliss-reactive ketones (excluding diaryl/α,β-unsaturated/α-hetero) is 1. The first-order chi connectivity index (χ1) is 6.38. The van der Waals surface area contributed by atoms with Crippen molar-refractivity contribution in [1.29, 1.82) is 0 Å². The van der Waals surface area contributed by atoms with Gasteiger partial charge in [0.05, 0.1) is 0 Å². The van der Waals surface area contributed by atoms with Gasteiger partial charge in [0.25, 0.3) is 0 Å². The largest absolute Gasteiger partial charge is 0.306 e. The predicted molar refractivity (Wildman–Crippen MR) is 61.5 cm³/mol. The van der Waals surface area contributed by atoms with Gasteiger partial charge in [0, 0.05) is 18.4 Å². The van der Waals surface area contributed by atoms with Crippen molar-refractivity contribution in [1.82, 2.24) is 4.90 Å². The van der Waals surface area contributed by atoms with Crippen molar-refractivity contribution in [3.05, 3.63) is 0 Å². The molecule has 84 valence electrons. The van der Waals surface area contributed by atoms with Gasteiger partial charge in [0.1, 0.15) is 5.78 Å². The van der Waals surface area contributed by atoms with Crippen LogP contribution in [-0.4, -0.2) is 30.8 Å². The normalized spacial score (nSPS) is 12.1. The molecule has 0 saturated carbocycles. The second-order valence-corrected chi connectivity index (χ2v) is 5.08. The molecule has 0 aromatic heterocycles. The van der Waals surface area contributed by atoms with E-state index in [2.05, 4.69) is 18.9 Å². The monoisotopic (exact) mass is 199 g/mol. The average Bonchev–Trinajstić information content (AvgIpc) is 2.09. The molecule has 0 saturated heterocycles. The van der Waals surface area contributed by atoms with Crippen molar-refractivity contribution in [2.45, 2.75) is 47.0 Å². The van der Waals surface area contributed by atoms with Crippen LogP contribution in [0.25, 0.3) is 0 Å². The summed E-state index contributed by atoms with van der Waals surface area (Å²) >= 11 is 0. The van der Waals surface area contributed by atoms with Gasteiger partial charge in [0.15, 0.2) is 0 Å². The van der Waals surface area contributed by atoms with E-state index < -0.39 is 0 Å². The Labute approximate surface area is 88.7 Å². The molecule has 0 rings (SSSR count). The molecule has 0 aliphatic carbocycles. The number of rotatable bonds is 6. The summed E-state index contributed by atoms with van der Waals surface area (Å²) in [6.07, 6.45) is 3.13. The summed E-state index contributed by atoms with van der Waals surface area (Å²) in [5, 5.41) is 0. The van der Waals surface area contributed by atoms with Crippen LogP contribution in [0.3, 0.4) is 0 Å². The van der Waals surface area contributed by atoms with E-state index in [-0.39, 0.29) is 5.41 Å². The van der Waals surface area contributed by atoms with E-state index in [1.165, 1.54) is 12.8 Å². The molecule has 2 heteroatoms. The summed E-state index contributed by atoms with van der Waals surface area (Å²) < 4.78 is 0.